The van der Waals surface area contributed by atoms with Gasteiger partial charge in [0.05, 0.1) is 6.42 Å². The Morgan fingerprint density at radius 1 is 1.04 bits per heavy atom. The Labute approximate surface area is 135 Å². The van der Waals surface area contributed by atoms with Gasteiger partial charge in [-0.25, -0.2) is 4.39 Å². The Bertz CT molecular complexity index is 654. The van der Waals surface area contributed by atoms with Gasteiger partial charge >= 0.3 is 0 Å². The van der Waals surface area contributed by atoms with Crippen molar-refractivity contribution in [1.29, 1.82) is 0 Å². The fourth-order valence-electron chi connectivity index (χ4n) is 2.84. The summed E-state index contributed by atoms with van der Waals surface area (Å²) in [5, 5.41) is 0. The van der Waals surface area contributed by atoms with Crippen molar-refractivity contribution in [2.24, 2.45) is 0 Å². The van der Waals surface area contributed by atoms with Crippen LogP contribution in [0, 0.1) is 5.82 Å². The number of benzene rings is 1. The van der Waals surface area contributed by atoms with E-state index in [-0.39, 0.29) is 18.1 Å². The molecule has 1 aliphatic heterocycles. The van der Waals surface area contributed by atoms with Crippen molar-refractivity contribution in [1.82, 2.24) is 14.8 Å². The molecule has 3 rings (SSSR count). The summed E-state index contributed by atoms with van der Waals surface area (Å²) < 4.78 is 13.2. The van der Waals surface area contributed by atoms with E-state index in [4.69, 9.17) is 0 Å². The minimum atomic E-state index is -0.294. The number of pyridine rings is 1. The molecule has 0 spiro atoms. The predicted molar refractivity (Wildman–Crippen MR) is 86.2 cm³/mol. The van der Waals surface area contributed by atoms with Crippen molar-refractivity contribution < 1.29 is 9.18 Å². The van der Waals surface area contributed by atoms with Gasteiger partial charge in [-0.3, -0.25) is 14.7 Å². The SMILES string of the molecule is O=C(Cc1cccc(F)c1)N1CCN(Cc2ccncc2)CC1. The number of carbonyl (C=O) groups is 1. The molecule has 0 radical (unpaired) electrons. The van der Waals surface area contributed by atoms with Crippen molar-refractivity contribution in [2.75, 3.05) is 26.2 Å². The van der Waals surface area contributed by atoms with E-state index in [0.29, 0.717) is 0 Å². The quantitative estimate of drug-likeness (QED) is 0.867. The molecule has 23 heavy (non-hydrogen) atoms. The van der Waals surface area contributed by atoms with Gasteiger partial charge in [-0.1, -0.05) is 12.1 Å². The molecule has 0 N–H and O–H groups in total. The number of hydrogen-bond donors (Lipinski definition) is 0. The van der Waals surface area contributed by atoms with Crippen LogP contribution in [0.25, 0.3) is 0 Å². The first-order chi connectivity index (χ1) is 11.2. The number of amides is 1. The van der Waals surface area contributed by atoms with Crippen LogP contribution in [-0.2, 0) is 17.8 Å². The highest BCUT2D eigenvalue weighted by Gasteiger charge is 2.21. The summed E-state index contributed by atoms with van der Waals surface area (Å²) in [5.41, 5.74) is 1.97. The second-order valence-corrected chi connectivity index (χ2v) is 5.82. The molecule has 1 aromatic carbocycles. The molecule has 1 saturated heterocycles. The minimum absolute atomic E-state index is 0.0687. The molecule has 2 aromatic rings. The summed E-state index contributed by atoms with van der Waals surface area (Å²) in [6, 6.07) is 10.3. The van der Waals surface area contributed by atoms with Gasteiger partial charge in [0, 0.05) is 45.1 Å². The average Bonchev–Trinajstić information content (AvgIpc) is 2.56. The maximum Gasteiger partial charge on any atom is 0.227 e. The van der Waals surface area contributed by atoms with Crippen molar-refractivity contribution in [2.45, 2.75) is 13.0 Å². The summed E-state index contributed by atoms with van der Waals surface area (Å²) in [4.78, 5) is 20.5. The second-order valence-electron chi connectivity index (χ2n) is 5.82. The molecule has 120 valence electrons. The van der Waals surface area contributed by atoms with E-state index in [0.717, 1.165) is 38.3 Å². The van der Waals surface area contributed by atoms with Crippen LogP contribution < -0.4 is 0 Å². The Morgan fingerprint density at radius 3 is 2.48 bits per heavy atom. The molecule has 0 bridgehead atoms. The average molecular weight is 313 g/mol. The Balaban J connectivity index is 1.49. The smallest absolute Gasteiger partial charge is 0.227 e. The molecular weight excluding hydrogens is 293 g/mol. The summed E-state index contributed by atoms with van der Waals surface area (Å²) in [6.07, 6.45) is 3.87. The van der Waals surface area contributed by atoms with E-state index in [9.17, 15) is 9.18 Å². The third kappa shape index (κ3) is 4.36. The number of nitrogens with zero attached hydrogens (tertiary/aromatic N) is 3. The maximum absolute atomic E-state index is 13.2. The van der Waals surface area contributed by atoms with Crippen molar-refractivity contribution in [3.63, 3.8) is 0 Å². The van der Waals surface area contributed by atoms with E-state index in [1.165, 1.54) is 17.7 Å². The van der Waals surface area contributed by atoms with Gasteiger partial charge in [-0.2, -0.15) is 0 Å². The standard InChI is InChI=1S/C18H20FN3O/c19-17-3-1-2-16(12-17)13-18(23)22-10-8-21(9-11-22)14-15-4-6-20-7-5-15/h1-7,12H,8-11,13-14H2. The lowest BCUT2D eigenvalue weighted by atomic mass is 10.1. The Morgan fingerprint density at radius 2 is 1.78 bits per heavy atom. The number of piperazine rings is 1. The lowest BCUT2D eigenvalue weighted by molar-refractivity contribution is -0.132. The topological polar surface area (TPSA) is 36.4 Å². The van der Waals surface area contributed by atoms with Crippen LogP contribution in [0.4, 0.5) is 4.39 Å². The molecule has 1 aliphatic rings. The van der Waals surface area contributed by atoms with Gasteiger partial charge in [0.25, 0.3) is 0 Å². The number of carbonyl (C=O) groups excluding carboxylic acids is 1. The molecule has 0 atom stereocenters. The van der Waals surface area contributed by atoms with E-state index in [2.05, 4.69) is 9.88 Å². The normalized spacial score (nSPS) is 15.6. The van der Waals surface area contributed by atoms with Crippen LogP contribution in [0.15, 0.2) is 48.8 Å². The van der Waals surface area contributed by atoms with Crippen LogP contribution in [0.1, 0.15) is 11.1 Å². The molecule has 0 saturated carbocycles. The van der Waals surface area contributed by atoms with Crippen molar-refractivity contribution in [3.8, 4) is 0 Å². The molecule has 1 fully saturated rings. The molecular formula is C18H20FN3O. The van der Waals surface area contributed by atoms with E-state index in [1.807, 2.05) is 17.0 Å². The van der Waals surface area contributed by atoms with Crippen molar-refractivity contribution in [3.05, 3.63) is 65.7 Å². The zero-order valence-corrected chi connectivity index (χ0v) is 13.0. The van der Waals surface area contributed by atoms with Gasteiger partial charge < -0.3 is 4.90 Å². The van der Waals surface area contributed by atoms with Crippen LogP contribution in [-0.4, -0.2) is 46.9 Å². The third-order valence-corrected chi connectivity index (χ3v) is 4.12. The van der Waals surface area contributed by atoms with Gasteiger partial charge in [0.15, 0.2) is 0 Å². The van der Waals surface area contributed by atoms with Gasteiger partial charge in [0.1, 0.15) is 5.82 Å². The summed E-state index contributed by atoms with van der Waals surface area (Å²) in [5.74, 6) is -0.225. The molecule has 0 aliphatic carbocycles. The monoisotopic (exact) mass is 313 g/mol. The summed E-state index contributed by atoms with van der Waals surface area (Å²) >= 11 is 0. The highest BCUT2D eigenvalue weighted by atomic mass is 19.1. The molecule has 1 aromatic heterocycles. The lowest BCUT2D eigenvalue weighted by Crippen LogP contribution is -2.48. The molecule has 5 heteroatoms. The van der Waals surface area contributed by atoms with Crippen LogP contribution in [0.5, 0.6) is 0 Å². The first kappa shape index (κ1) is 15.6. The number of rotatable bonds is 4. The largest absolute Gasteiger partial charge is 0.340 e. The van der Waals surface area contributed by atoms with E-state index in [1.54, 1.807) is 24.5 Å². The zero-order chi connectivity index (χ0) is 16.1. The molecule has 0 unspecified atom stereocenters. The van der Waals surface area contributed by atoms with Gasteiger partial charge in [-0.15, -0.1) is 0 Å². The second kappa shape index (κ2) is 7.33. The van der Waals surface area contributed by atoms with Crippen LogP contribution >= 0.6 is 0 Å². The Hall–Kier alpha value is -2.27. The number of hydrogen-bond acceptors (Lipinski definition) is 3. The lowest BCUT2D eigenvalue weighted by Gasteiger charge is -2.34. The number of halogens is 1. The zero-order valence-electron chi connectivity index (χ0n) is 13.0. The van der Waals surface area contributed by atoms with Gasteiger partial charge in [0.2, 0.25) is 5.91 Å². The van der Waals surface area contributed by atoms with E-state index < -0.39 is 0 Å². The van der Waals surface area contributed by atoms with Crippen LogP contribution in [0.2, 0.25) is 0 Å². The Kier molecular flexibility index (Phi) is 4.98. The fraction of sp³-hybridized carbons (Fsp3) is 0.333. The molecule has 2 heterocycles. The van der Waals surface area contributed by atoms with Crippen molar-refractivity contribution >= 4 is 5.91 Å². The third-order valence-electron chi connectivity index (χ3n) is 4.12. The number of aromatic nitrogens is 1. The maximum atomic E-state index is 13.2. The molecule has 1 amide bonds. The fourth-order valence-corrected chi connectivity index (χ4v) is 2.84. The summed E-state index contributed by atoms with van der Waals surface area (Å²) in [7, 11) is 0. The highest BCUT2D eigenvalue weighted by molar-refractivity contribution is 5.78. The molecule has 4 nitrogen and oxygen atoms in total. The first-order valence-electron chi connectivity index (χ1n) is 7.84. The first-order valence-corrected chi connectivity index (χ1v) is 7.84. The van der Waals surface area contributed by atoms with Gasteiger partial charge in [-0.05, 0) is 35.4 Å². The van der Waals surface area contributed by atoms with Crippen LogP contribution in [0.3, 0.4) is 0 Å². The minimum Gasteiger partial charge on any atom is -0.340 e. The summed E-state index contributed by atoms with van der Waals surface area (Å²) in [6.45, 7) is 4.04. The predicted octanol–water partition coefficient (Wildman–Crippen LogP) is 2.11. The van der Waals surface area contributed by atoms with E-state index >= 15 is 0 Å². The highest BCUT2D eigenvalue weighted by Crippen LogP contribution is 2.11.